The van der Waals surface area contributed by atoms with E-state index >= 15 is 0 Å². The number of para-hydroxylation sites is 1. The normalized spacial score (nSPS) is 10.5. The fraction of sp³-hybridized carbons (Fsp3) is 0.231. The monoisotopic (exact) mass is 292 g/mol. The Hall–Kier alpha value is -1.42. The number of benzene rings is 1. The summed E-state index contributed by atoms with van der Waals surface area (Å²) in [7, 11) is 0. The molecule has 0 radical (unpaired) electrons. The molecule has 1 aromatic carbocycles. The largest absolute Gasteiger partial charge is 0.351 e. The van der Waals surface area contributed by atoms with Gasteiger partial charge in [-0.15, -0.1) is 0 Å². The highest BCUT2D eigenvalue weighted by molar-refractivity contribution is 9.09. The van der Waals surface area contributed by atoms with Crippen LogP contribution in [-0.2, 0) is 0 Å². The van der Waals surface area contributed by atoms with Crippen molar-refractivity contribution in [3.63, 3.8) is 0 Å². The molecule has 0 aliphatic rings. The summed E-state index contributed by atoms with van der Waals surface area (Å²) in [4.78, 5) is 16.4. The molecule has 0 unspecified atom stereocenters. The number of alkyl halides is 1. The van der Waals surface area contributed by atoms with Crippen LogP contribution in [0, 0.1) is 6.92 Å². The van der Waals surface area contributed by atoms with E-state index in [0.29, 0.717) is 12.1 Å². The van der Waals surface area contributed by atoms with Crippen molar-refractivity contribution in [2.45, 2.75) is 6.92 Å². The first kappa shape index (κ1) is 12.0. The Bertz CT molecular complexity index is 554. The molecule has 1 N–H and O–H groups in total. The number of aryl methyl sites for hydroxylation is 1. The summed E-state index contributed by atoms with van der Waals surface area (Å²) in [5.74, 6) is -0.0499. The number of halogens is 1. The molecule has 3 nitrogen and oxygen atoms in total. The van der Waals surface area contributed by atoms with E-state index in [2.05, 4.69) is 26.2 Å². The Morgan fingerprint density at radius 1 is 1.41 bits per heavy atom. The molecule has 2 rings (SSSR count). The van der Waals surface area contributed by atoms with E-state index < -0.39 is 0 Å². The zero-order valence-corrected chi connectivity index (χ0v) is 11.1. The van der Waals surface area contributed by atoms with Crippen LogP contribution in [0.1, 0.15) is 16.1 Å². The highest BCUT2D eigenvalue weighted by Crippen LogP contribution is 2.17. The molecule has 0 bridgehead atoms. The van der Waals surface area contributed by atoms with E-state index in [1.54, 1.807) is 0 Å². The summed E-state index contributed by atoms with van der Waals surface area (Å²) in [5, 5.41) is 4.50. The van der Waals surface area contributed by atoms with Crippen LogP contribution in [0.25, 0.3) is 10.9 Å². The van der Waals surface area contributed by atoms with Gasteiger partial charge in [-0.05, 0) is 19.1 Å². The zero-order chi connectivity index (χ0) is 12.3. The van der Waals surface area contributed by atoms with Crippen LogP contribution in [-0.4, -0.2) is 22.8 Å². The highest BCUT2D eigenvalue weighted by Gasteiger charge is 2.10. The predicted octanol–water partition coefficient (Wildman–Crippen LogP) is 2.67. The van der Waals surface area contributed by atoms with Gasteiger partial charge in [0, 0.05) is 23.0 Å². The summed E-state index contributed by atoms with van der Waals surface area (Å²) in [6, 6.07) is 9.51. The third kappa shape index (κ3) is 2.64. The summed E-state index contributed by atoms with van der Waals surface area (Å²) >= 11 is 3.29. The zero-order valence-electron chi connectivity index (χ0n) is 9.53. The molecule has 0 saturated carbocycles. The van der Waals surface area contributed by atoms with Crippen molar-refractivity contribution in [1.29, 1.82) is 0 Å². The van der Waals surface area contributed by atoms with Crippen LogP contribution < -0.4 is 5.32 Å². The van der Waals surface area contributed by atoms with E-state index in [1.807, 2.05) is 37.3 Å². The maximum atomic E-state index is 12.0. The van der Waals surface area contributed by atoms with Gasteiger partial charge >= 0.3 is 0 Å². The lowest BCUT2D eigenvalue weighted by Crippen LogP contribution is -2.25. The molecular weight excluding hydrogens is 280 g/mol. The summed E-state index contributed by atoms with van der Waals surface area (Å²) in [6.07, 6.45) is 0. The van der Waals surface area contributed by atoms with Gasteiger partial charge in [-0.1, -0.05) is 34.1 Å². The number of hydrogen-bond donors (Lipinski definition) is 1. The second kappa shape index (κ2) is 5.27. The number of nitrogens with zero attached hydrogens (tertiary/aromatic N) is 1. The third-order valence-electron chi connectivity index (χ3n) is 2.47. The number of amides is 1. The fourth-order valence-electron chi connectivity index (χ4n) is 1.75. The van der Waals surface area contributed by atoms with Crippen molar-refractivity contribution in [1.82, 2.24) is 10.3 Å². The van der Waals surface area contributed by atoms with Crippen molar-refractivity contribution in [2.75, 3.05) is 11.9 Å². The van der Waals surface area contributed by atoms with Crippen molar-refractivity contribution in [2.24, 2.45) is 0 Å². The van der Waals surface area contributed by atoms with Crippen LogP contribution in [0.2, 0.25) is 0 Å². The van der Waals surface area contributed by atoms with Gasteiger partial charge in [0.25, 0.3) is 5.91 Å². The van der Waals surface area contributed by atoms with Crippen LogP contribution in [0.3, 0.4) is 0 Å². The Balaban J connectivity index is 2.48. The molecular formula is C13H13BrN2O. The van der Waals surface area contributed by atoms with Crippen LogP contribution in [0.15, 0.2) is 30.3 Å². The molecule has 88 valence electrons. The molecule has 2 aromatic rings. The minimum absolute atomic E-state index is 0.0499. The van der Waals surface area contributed by atoms with E-state index in [-0.39, 0.29) is 5.91 Å². The number of pyridine rings is 1. The number of rotatable bonds is 3. The lowest BCUT2D eigenvalue weighted by molar-refractivity contribution is 0.0958. The van der Waals surface area contributed by atoms with Gasteiger partial charge in [-0.25, -0.2) is 0 Å². The molecule has 0 spiro atoms. The smallest absolute Gasteiger partial charge is 0.252 e. The van der Waals surface area contributed by atoms with Gasteiger partial charge < -0.3 is 5.32 Å². The van der Waals surface area contributed by atoms with E-state index in [0.717, 1.165) is 21.9 Å². The number of fused-ring (bicyclic) bond motifs is 1. The average Bonchev–Trinajstić information content (AvgIpc) is 2.34. The number of hydrogen-bond acceptors (Lipinski definition) is 2. The molecule has 0 fully saturated rings. The van der Waals surface area contributed by atoms with Crippen molar-refractivity contribution >= 4 is 32.7 Å². The van der Waals surface area contributed by atoms with Gasteiger partial charge in [0.05, 0.1) is 11.1 Å². The Labute approximate surface area is 108 Å². The minimum atomic E-state index is -0.0499. The standard InChI is InChI=1S/C13H13BrN2O/c1-9-8-11(13(17)15-7-6-14)10-4-2-3-5-12(10)16-9/h2-5,8H,6-7H2,1H3,(H,15,17). The van der Waals surface area contributed by atoms with Crippen LogP contribution >= 0.6 is 15.9 Å². The molecule has 0 saturated heterocycles. The topological polar surface area (TPSA) is 42.0 Å². The predicted molar refractivity (Wildman–Crippen MR) is 72.6 cm³/mol. The highest BCUT2D eigenvalue weighted by atomic mass is 79.9. The Morgan fingerprint density at radius 3 is 2.94 bits per heavy atom. The molecule has 0 atom stereocenters. The first-order valence-corrected chi connectivity index (χ1v) is 6.55. The summed E-state index contributed by atoms with van der Waals surface area (Å²) in [5.41, 5.74) is 2.40. The second-order valence-electron chi connectivity index (χ2n) is 3.77. The maximum Gasteiger partial charge on any atom is 0.252 e. The molecule has 1 heterocycles. The van der Waals surface area contributed by atoms with Gasteiger partial charge in [0.2, 0.25) is 0 Å². The lowest BCUT2D eigenvalue weighted by atomic mass is 10.1. The number of carbonyl (C=O) groups is 1. The van der Waals surface area contributed by atoms with Crippen molar-refractivity contribution in [3.05, 3.63) is 41.6 Å². The van der Waals surface area contributed by atoms with Crippen molar-refractivity contribution < 1.29 is 4.79 Å². The molecule has 1 aromatic heterocycles. The van der Waals surface area contributed by atoms with Crippen molar-refractivity contribution in [3.8, 4) is 0 Å². The number of carbonyl (C=O) groups excluding carboxylic acids is 1. The molecule has 0 aliphatic heterocycles. The van der Waals surface area contributed by atoms with Gasteiger partial charge in [-0.2, -0.15) is 0 Å². The van der Waals surface area contributed by atoms with Gasteiger partial charge in [0.1, 0.15) is 0 Å². The molecule has 4 heteroatoms. The maximum absolute atomic E-state index is 12.0. The second-order valence-corrected chi connectivity index (χ2v) is 4.57. The van der Waals surface area contributed by atoms with E-state index in [1.165, 1.54) is 0 Å². The van der Waals surface area contributed by atoms with Gasteiger partial charge in [0.15, 0.2) is 0 Å². The quantitative estimate of drug-likeness (QED) is 0.884. The minimum Gasteiger partial charge on any atom is -0.351 e. The Kier molecular flexibility index (Phi) is 3.74. The van der Waals surface area contributed by atoms with Gasteiger partial charge in [-0.3, -0.25) is 9.78 Å². The lowest BCUT2D eigenvalue weighted by Gasteiger charge is -2.07. The fourth-order valence-corrected chi connectivity index (χ4v) is 1.95. The SMILES string of the molecule is Cc1cc(C(=O)NCCBr)c2ccccc2n1. The average molecular weight is 293 g/mol. The Morgan fingerprint density at radius 2 is 2.18 bits per heavy atom. The number of nitrogens with one attached hydrogen (secondary N) is 1. The molecule has 1 amide bonds. The number of aromatic nitrogens is 1. The third-order valence-corrected chi connectivity index (χ3v) is 2.87. The summed E-state index contributed by atoms with van der Waals surface area (Å²) in [6.45, 7) is 2.52. The first-order chi connectivity index (χ1) is 8.22. The van der Waals surface area contributed by atoms with E-state index in [4.69, 9.17) is 0 Å². The molecule has 0 aliphatic carbocycles. The van der Waals surface area contributed by atoms with E-state index in [9.17, 15) is 4.79 Å². The first-order valence-electron chi connectivity index (χ1n) is 5.43. The molecule has 17 heavy (non-hydrogen) atoms. The summed E-state index contributed by atoms with van der Waals surface area (Å²) < 4.78 is 0. The van der Waals surface area contributed by atoms with Crippen LogP contribution in [0.4, 0.5) is 0 Å². The van der Waals surface area contributed by atoms with Crippen LogP contribution in [0.5, 0.6) is 0 Å².